The number of amides is 1. The second-order valence-electron chi connectivity index (χ2n) is 10.0. The molecule has 0 spiro atoms. The predicted octanol–water partition coefficient (Wildman–Crippen LogP) is 4.20. The maximum absolute atomic E-state index is 13.8. The highest BCUT2D eigenvalue weighted by atomic mass is 32.2. The van der Waals surface area contributed by atoms with Crippen molar-refractivity contribution in [1.82, 2.24) is 8.61 Å². The molecule has 3 aromatic carbocycles. The molecular formula is C29H33N3O7S2. The van der Waals surface area contributed by atoms with Crippen molar-refractivity contribution in [2.45, 2.75) is 55.0 Å². The molecule has 0 radical (unpaired) electrons. The Kier molecular flexibility index (Phi) is 8.64. The molecule has 0 aliphatic carbocycles. The van der Waals surface area contributed by atoms with Crippen LogP contribution < -0.4 is 14.8 Å². The van der Waals surface area contributed by atoms with Crippen molar-refractivity contribution in [2.24, 2.45) is 0 Å². The zero-order valence-corrected chi connectivity index (χ0v) is 24.4. The van der Waals surface area contributed by atoms with Gasteiger partial charge < -0.3 is 14.8 Å². The minimum Gasteiger partial charge on any atom is -0.454 e. The molecule has 218 valence electrons. The van der Waals surface area contributed by atoms with Gasteiger partial charge in [-0.25, -0.2) is 16.8 Å². The molecule has 1 atom stereocenters. The Bertz CT molecular complexity index is 1600. The van der Waals surface area contributed by atoms with E-state index in [1.165, 1.54) is 28.6 Å². The number of ether oxygens (including phenoxy) is 2. The van der Waals surface area contributed by atoms with E-state index < -0.39 is 32.5 Å². The lowest BCUT2D eigenvalue weighted by molar-refractivity contribution is -0.116. The van der Waals surface area contributed by atoms with Crippen molar-refractivity contribution in [2.75, 3.05) is 25.2 Å². The fourth-order valence-electron chi connectivity index (χ4n) is 5.12. The number of hydrogen-bond acceptors (Lipinski definition) is 7. The third-order valence-corrected chi connectivity index (χ3v) is 11.1. The zero-order chi connectivity index (χ0) is 29.0. The number of carbonyl (C=O) groups is 1. The molecule has 0 aromatic heterocycles. The number of para-hydroxylation sites is 1. The zero-order valence-electron chi connectivity index (χ0n) is 22.7. The predicted molar refractivity (Wildman–Crippen MR) is 153 cm³/mol. The summed E-state index contributed by atoms with van der Waals surface area (Å²) >= 11 is 0. The minimum absolute atomic E-state index is 0.0425. The number of benzene rings is 3. The maximum atomic E-state index is 13.8. The number of nitrogens with zero attached hydrogens (tertiary/aromatic N) is 2. The van der Waals surface area contributed by atoms with Crippen LogP contribution in [0.25, 0.3) is 0 Å². The molecule has 1 saturated heterocycles. The number of rotatable bonds is 10. The average Bonchev–Trinajstić information content (AvgIpc) is 3.45. The van der Waals surface area contributed by atoms with Crippen LogP contribution in [0.3, 0.4) is 0 Å². The SMILES string of the molecule is CC[C@@H]1CCCCN1S(=O)(=O)c1ccc(S(=O)(=O)N(CC(=O)Nc2ccccc2)Cc2ccc3c(c2)OCO3)cc1. The van der Waals surface area contributed by atoms with Crippen LogP contribution in [0.4, 0.5) is 5.69 Å². The van der Waals surface area contributed by atoms with Crippen molar-refractivity contribution >= 4 is 31.6 Å². The molecule has 2 aliphatic rings. The van der Waals surface area contributed by atoms with Gasteiger partial charge in [0.05, 0.1) is 16.3 Å². The van der Waals surface area contributed by atoms with Gasteiger partial charge >= 0.3 is 0 Å². The first kappa shape index (κ1) is 29.1. The summed E-state index contributed by atoms with van der Waals surface area (Å²) in [5.74, 6) is 0.530. The highest BCUT2D eigenvalue weighted by Crippen LogP contribution is 2.33. The van der Waals surface area contributed by atoms with E-state index in [0.717, 1.165) is 23.6 Å². The number of nitrogens with one attached hydrogen (secondary N) is 1. The fourth-order valence-corrected chi connectivity index (χ4v) is 8.27. The fraction of sp³-hybridized carbons (Fsp3) is 0.345. The van der Waals surface area contributed by atoms with Gasteiger partial charge in [0, 0.05) is 24.8 Å². The van der Waals surface area contributed by atoms with Crippen LogP contribution in [-0.2, 0) is 31.4 Å². The minimum atomic E-state index is -4.21. The summed E-state index contributed by atoms with van der Waals surface area (Å²) in [6, 6.07) is 19.0. The van der Waals surface area contributed by atoms with Crippen LogP contribution in [0.1, 0.15) is 38.2 Å². The number of hydrogen-bond donors (Lipinski definition) is 1. The number of carbonyl (C=O) groups excluding carboxylic acids is 1. The van der Waals surface area contributed by atoms with Gasteiger partial charge in [0.2, 0.25) is 32.7 Å². The summed E-state index contributed by atoms with van der Waals surface area (Å²) in [6.45, 7) is 1.91. The number of anilines is 1. The molecule has 2 heterocycles. The normalized spacial score (nSPS) is 17.5. The lowest BCUT2D eigenvalue weighted by Crippen LogP contribution is -2.43. The van der Waals surface area contributed by atoms with Gasteiger partial charge in [-0.15, -0.1) is 0 Å². The number of piperidine rings is 1. The standard InChI is InChI=1S/C29H33N3O7S2/c1-2-24-10-6-7-17-32(24)41(36,37)26-14-12-25(13-15-26)40(34,35)31(20-29(33)30-23-8-4-3-5-9-23)19-22-11-16-27-28(18-22)39-21-38-27/h3-5,8-9,11-16,18,24H,2,6-7,10,17,19-21H2,1H3,(H,30,33)/t24-/m1/s1. The van der Waals surface area contributed by atoms with E-state index in [1.807, 2.05) is 13.0 Å². The first-order chi connectivity index (χ1) is 19.7. The first-order valence-corrected chi connectivity index (χ1v) is 16.4. The van der Waals surface area contributed by atoms with Gasteiger partial charge in [0.15, 0.2) is 11.5 Å². The van der Waals surface area contributed by atoms with Gasteiger partial charge in [-0.1, -0.05) is 37.6 Å². The molecule has 0 unspecified atom stereocenters. The van der Waals surface area contributed by atoms with E-state index in [4.69, 9.17) is 9.47 Å². The largest absolute Gasteiger partial charge is 0.454 e. The molecule has 0 bridgehead atoms. The molecule has 2 aliphatic heterocycles. The monoisotopic (exact) mass is 599 g/mol. The lowest BCUT2D eigenvalue weighted by atomic mass is 10.0. The molecular weight excluding hydrogens is 566 g/mol. The highest BCUT2D eigenvalue weighted by Gasteiger charge is 2.33. The quantitative estimate of drug-likeness (QED) is 0.371. The van der Waals surface area contributed by atoms with Crippen molar-refractivity contribution in [1.29, 1.82) is 0 Å². The Balaban J connectivity index is 1.41. The summed E-state index contributed by atoms with van der Waals surface area (Å²) < 4.78 is 67.9. The van der Waals surface area contributed by atoms with E-state index in [2.05, 4.69) is 5.32 Å². The van der Waals surface area contributed by atoms with Gasteiger partial charge in [0.25, 0.3) is 0 Å². The van der Waals surface area contributed by atoms with Gasteiger partial charge in [-0.3, -0.25) is 4.79 Å². The smallest absolute Gasteiger partial charge is 0.243 e. The second-order valence-corrected chi connectivity index (χ2v) is 13.8. The van der Waals surface area contributed by atoms with Crippen molar-refractivity contribution < 1.29 is 31.1 Å². The van der Waals surface area contributed by atoms with E-state index in [9.17, 15) is 21.6 Å². The molecule has 0 saturated carbocycles. The van der Waals surface area contributed by atoms with Gasteiger partial charge in [-0.05, 0) is 73.4 Å². The van der Waals surface area contributed by atoms with Gasteiger partial charge in [0.1, 0.15) is 0 Å². The van der Waals surface area contributed by atoms with Crippen molar-refractivity contribution in [3.8, 4) is 11.5 Å². The summed E-state index contributed by atoms with van der Waals surface area (Å²) in [5, 5.41) is 2.72. The van der Waals surface area contributed by atoms with E-state index in [0.29, 0.717) is 35.7 Å². The van der Waals surface area contributed by atoms with Crippen LogP contribution in [-0.4, -0.2) is 57.3 Å². The Hall–Kier alpha value is -3.45. The van der Waals surface area contributed by atoms with Crippen molar-refractivity contribution in [3.05, 3.63) is 78.4 Å². The van der Waals surface area contributed by atoms with Crippen LogP contribution in [0.5, 0.6) is 11.5 Å². The molecule has 12 heteroatoms. The van der Waals surface area contributed by atoms with E-state index in [1.54, 1.807) is 42.5 Å². The molecule has 5 rings (SSSR count). The molecule has 1 N–H and O–H groups in total. The van der Waals surface area contributed by atoms with Crippen molar-refractivity contribution in [3.63, 3.8) is 0 Å². The average molecular weight is 600 g/mol. The summed E-state index contributed by atoms with van der Waals surface area (Å²) in [6.07, 6.45) is 3.30. The topological polar surface area (TPSA) is 122 Å². The Morgan fingerprint density at radius 1 is 0.927 bits per heavy atom. The Labute approximate surface area is 241 Å². The molecule has 10 nitrogen and oxygen atoms in total. The van der Waals surface area contributed by atoms with E-state index in [-0.39, 0.29) is 29.2 Å². The molecule has 1 fully saturated rings. The lowest BCUT2D eigenvalue weighted by Gasteiger charge is -2.34. The third kappa shape index (κ3) is 6.40. The van der Waals surface area contributed by atoms with Crippen LogP contribution in [0.15, 0.2) is 82.6 Å². The maximum Gasteiger partial charge on any atom is 0.243 e. The number of sulfonamides is 2. The van der Waals surface area contributed by atoms with E-state index >= 15 is 0 Å². The molecule has 41 heavy (non-hydrogen) atoms. The Morgan fingerprint density at radius 2 is 1.63 bits per heavy atom. The first-order valence-electron chi connectivity index (χ1n) is 13.5. The van der Waals surface area contributed by atoms with Crippen LogP contribution >= 0.6 is 0 Å². The second kappa shape index (κ2) is 12.2. The van der Waals surface area contributed by atoms with Gasteiger partial charge in [-0.2, -0.15) is 8.61 Å². The highest BCUT2D eigenvalue weighted by molar-refractivity contribution is 7.89. The van der Waals surface area contributed by atoms with Crippen LogP contribution in [0, 0.1) is 0 Å². The molecule has 1 amide bonds. The third-order valence-electron chi connectivity index (χ3n) is 7.29. The molecule has 3 aromatic rings. The summed E-state index contributed by atoms with van der Waals surface area (Å²) in [4.78, 5) is 12.9. The summed E-state index contributed by atoms with van der Waals surface area (Å²) in [7, 11) is -7.99. The van der Waals surface area contributed by atoms with Crippen LogP contribution in [0.2, 0.25) is 0 Å². The number of fused-ring (bicyclic) bond motifs is 1. The summed E-state index contributed by atoms with van der Waals surface area (Å²) in [5.41, 5.74) is 1.14. The Morgan fingerprint density at radius 3 is 2.37 bits per heavy atom.